The summed E-state index contributed by atoms with van der Waals surface area (Å²) in [4.78, 5) is 59.0. The molecule has 4 atom stereocenters. The largest absolute Gasteiger partial charge is 0.480 e. The fourth-order valence-corrected chi connectivity index (χ4v) is 4.26. The van der Waals surface area contributed by atoms with Gasteiger partial charge in [0.2, 0.25) is 17.7 Å². The summed E-state index contributed by atoms with van der Waals surface area (Å²) in [6, 6.07) is -3.62. The van der Waals surface area contributed by atoms with Crippen molar-refractivity contribution < 1.29 is 24.3 Å². The third-order valence-corrected chi connectivity index (χ3v) is 6.30. The number of nitrogens with one attached hydrogen (secondary N) is 3. The number of hydrogen-bond donors (Lipinski definition) is 7. The summed E-state index contributed by atoms with van der Waals surface area (Å²) in [6.45, 7) is 1.30. The average Bonchev–Trinajstić information content (AvgIpc) is 3.55. The molecule has 10 N–H and O–H groups in total. The number of carboxylic acids is 1. The number of carbonyl (C=O) groups excluding carboxylic acids is 3. The number of rotatable bonds is 16. The topological polar surface area (TPSA) is 223 Å². The van der Waals surface area contributed by atoms with Crippen LogP contribution >= 0.6 is 0 Å². The first-order chi connectivity index (χ1) is 17.3. The molecule has 1 aliphatic rings. The first-order valence-corrected chi connectivity index (χ1v) is 12.6. The number of H-pyrrole nitrogens is 1. The normalized spacial score (nSPS) is 17.9. The van der Waals surface area contributed by atoms with E-state index >= 15 is 0 Å². The summed E-state index contributed by atoms with van der Waals surface area (Å²) in [5.41, 5.74) is 17.7. The first kappa shape index (κ1) is 29.2. The lowest BCUT2D eigenvalue weighted by Crippen LogP contribution is -2.57. The number of likely N-dealkylation sites (tertiary alicyclic amines) is 1. The Balaban J connectivity index is 2.07. The Morgan fingerprint density at radius 3 is 2.39 bits per heavy atom. The van der Waals surface area contributed by atoms with Crippen molar-refractivity contribution in [3.63, 3.8) is 0 Å². The molecule has 4 unspecified atom stereocenters. The molecule has 13 heteroatoms. The van der Waals surface area contributed by atoms with Crippen LogP contribution in [0.25, 0.3) is 0 Å². The predicted molar refractivity (Wildman–Crippen MR) is 132 cm³/mol. The number of amides is 3. The summed E-state index contributed by atoms with van der Waals surface area (Å²) in [6.07, 6.45) is 7.50. The zero-order valence-corrected chi connectivity index (χ0v) is 20.7. The number of unbranched alkanes of at least 4 members (excludes halogenated alkanes) is 2. The van der Waals surface area contributed by atoms with Crippen molar-refractivity contribution in [2.24, 2.45) is 17.2 Å². The van der Waals surface area contributed by atoms with Crippen molar-refractivity contribution >= 4 is 23.7 Å². The number of carboxylic acid groups (broad SMARTS) is 1. The SMILES string of the molecule is NCCCCC(N)C(=O)NC(CCCCN)C(=O)N1CCCC1C(=O)NC(Cc1cnc[nH]1)C(=O)O. The van der Waals surface area contributed by atoms with Crippen LogP contribution in [0.4, 0.5) is 0 Å². The fourth-order valence-electron chi connectivity index (χ4n) is 4.26. The smallest absolute Gasteiger partial charge is 0.326 e. The molecular formula is C23H40N8O5. The van der Waals surface area contributed by atoms with E-state index in [4.69, 9.17) is 17.2 Å². The maximum atomic E-state index is 13.5. The summed E-state index contributed by atoms with van der Waals surface area (Å²) >= 11 is 0. The molecule has 1 fully saturated rings. The second-order valence-electron chi connectivity index (χ2n) is 9.11. The van der Waals surface area contributed by atoms with Crippen LogP contribution in [-0.4, -0.2) is 87.5 Å². The number of carbonyl (C=O) groups is 4. The molecule has 0 spiro atoms. The fraction of sp³-hybridized carbons (Fsp3) is 0.696. The van der Waals surface area contributed by atoms with Gasteiger partial charge in [-0.25, -0.2) is 9.78 Å². The molecule has 0 radical (unpaired) electrons. The molecule has 0 bridgehead atoms. The number of nitrogens with two attached hydrogens (primary N) is 3. The molecule has 0 aliphatic carbocycles. The van der Waals surface area contributed by atoms with Gasteiger partial charge in [0.15, 0.2) is 0 Å². The standard InChI is InChI=1S/C23H40N8O5/c24-9-3-1-6-16(26)20(32)29-17(7-2-4-10-25)22(34)31-11-5-8-19(31)21(33)30-18(23(35)36)12-15-13-27-14-28-15/h13-14,16-19H,1-12,24-26H2,(H,27,28)(H,29,32)(H,30,33)(H,35,36). The van der Waals surface area contributed by atoms with Crippen LogP contribution in [-0.2, 0) is 25.6 Å². The average molecular weight is 509 g/mol. The highest BCUT2D eigenvalue weighted by molar-refractivity contribution is 5.94. The van der Waals surface area contributed by atoms with Gasteiger partial charge in [0.1, 0.15) is 18.1 Å². The van der Waals surface area contributed by atoms with Crippen LogP contribution in [0.2, 0.25) is 0 Å². The van der Waals surface area contributed by atoms with E-state index in [9.17, 15) is 24.3 Å². The van der Waals surface area contributed by atoms with Crippen LogP contribution in [0.15, 0.2) is 12.5 Å². The van der Waals surface area contributed by atoms with Crippen molar-refractivity contribution in [1.29, 1.82) is 0 Å². The van der Waals surface area contributed by atoms with Crippen LogP contribution in [0.1, 0.15) is 57.1 Å². The van der Waals surface area contributed by atoms with E-state index in [2.05, 4.69) is 20.6 Å². The highest BCUT2D eigenvalue weighted by atomic mass is 16.4. The van der Waals surface area contributed by atoms with Crippen LogP contribution in [0.3, 0.4) is 0 Å². The Bertz CT molecular complexity index is 850. The molecule has 13 nitrogen and oxygen atoms in total. The van der Waals surface area contributed by atoms with Gasteiger partial charge in [0, 0.05) is 24.9 Å². The van der Waals surface area contributed by atoms with Gasteiger partial charge >= 0.3 is 5.97 Å². The lowest BCUT2D eigenvalue weighted by molar-refractivity contribution is -0.145. The quantitative estimate of drug-likeness (QED) is 0.130. The lowest BCUT2D eigenvalue weighted by Gasteiger charge is -2.30. The van der Waals surface area contributed by atoms with Gasteiger partial charge in [0.05, 0.1) is 12.4 Å². The van der Waals surface area contributed by atoms with E-state index in [1.165, 1.54) is 17.4 Å². The Morgan fingerprint density at radius 1 is 1.08 bits per heavy atom. The van der Waals surface area contributed by atoms with Crippen molar-refractivity contribution in [3.05, 3.63) is 18.2 Å². The van der Waals surface area contributed by atoms with Crippen LogP contribution in [0.5, 0.6) is 0 Å². The van der Waals surface area contributed by atoms with Gasteiger partial charge in [-0.3, -0.25) is 14.4 Å². The van der Waals surface area contributed by atoms with Gasteiger partial charge in [-0.2, -0.15) is 0 Å². The minimum absolute atomic E-state index is 0.0293. The van der Waals surface area contributed by atoms with E-state index in [0.29, 0.717) is 70.3 Å². The highest BCUT2D eigenvalue weighted by Gasteiger charge is 2.39. The number of imidazole rings is 1. The minimum atomic E-state index is -1.19. The van der Waals surface area contributed by atoms with Gasteiger partial charge in [-0.15, -0.1) is 0 Å². The Labute approximate surface area is 210 Å². The minimum Gasteiger partial charge on any atom is -0.480 e. The number of nitrogens with zero attached hydrogens (tertiary/aromatic N) is 2. The third-order valence-electron chi connectivity index (χ3n) is 6.30. The van der Waals surface area contributed by atoms with Crippen molar-refractivity contribution in [2.75, 3.05) is 19.6 Å². The molecule has 1 saturated heterocycles. The number of aromatic amines is 1. The lowest BCUT2D eigenvalue weighted by atomic mass is 10.0. The van der Waals surface area contributed by atoms with E-state index in [1.807, 2.05) is 0 Å². The van der Waals surface area contributed by atoms with Crippen molar-refractivity contribution in [3.8, 4) is 0 Å². The van der Waals surface area contributed by atoms with Crippen LogP contribution < -0.4 is 27.8 Å². The second-order valence-corrected chi connectivity index (χ2v) is 9.11. The molecule has 2 heterocycles. The first-order valence-electron chi connectivity index (χ1n) is 12.6. The van der Waals surface area contributed by atoms with E-state index in [0.717, 1.165) is 6.42 Å². The summed E-state index contributed by atoms with van der Waals surface area (Å²) in [5.74, 6) is -2.54. The number of hydrogen-bond acceptors (Lipinski definition) is 8. The molecule has 2 rings (SSSR count). The molecule has 36 heavy (non-hydrogen) atoms. The van der Waals surface area contributed by atoms with Crippen molar-refractivity contribution in [1.82, 2.24) is 25.5 Å². The summed E-state index contributed by atoms with van der Waals surface area (Å²) < 4.78 is 0. The maximum Gasteiger partial charge on any atom is 0.326 e. The molecule has 3 amide bonds. The Morgan fingerprint density at radius 2 is 1.78 bits per heavy atom. The molecule has 1 aromatic rings. The zero-order valence-electron chi connectivity index (χ0n) is 20.7. The van der Waals surface area contributed by atoms with Gasteiger partial charge in [-0.05, 0) is 58.0 Å². The summed E-state index contributed by atoms with van der Waals surface area (Å²) in [7, 11) is 0. The second kappa shape index (κ2) is 15.2. The van der Waals surface area contributed by atoms with Gasteiger partial charge in [-0.1, -0.05) is 6.42 Å². The van der Waals surface area contributed by atoms with Crippen molar-refractivity contribution in [2.45, 2.75) is 82.0 Å². The zero-order chi connectivity index (χ0) is 26.5. The number of aromatic nitrogens is 2. The van der Waals surface area contributed by atoms with Gasteiger partial charge < -0.3 is 42.8 Å². The monoisotopic (exact) mass is 508 g/mol. The van der Waals surface area contributed by atoms with E-state index in [-0.39, 0.29) is 12.3 Å². The molecule has 0 aromatic carbocycles. The predicted octanol–water partition coefficient (Wildman–Crippen LogP) is -1.42. The molecule has 0 saturated carbocycles. The summed E-state index contributed by atoms with van der Waals surface area (Å²) in [5, 5.41) is 14.9. The molecule has 1 aliphatic heterocycles. The molecular weight excluding hydrogens is 468 g/mol. The van der Waals surface area contributed by atoms with Gasteiger partial charge in [0.25, 0.3) is 0 Å². The highest BCUT2D eigenvalue weighted by Crippen LogP contribution is 2.20. The van der Waals surface area contributed by atoms with Crippen LogP contribution in [0, 0.1) is 0 Å². The molecule has 1 aromatic heterocycles. The Kier molecular flexibility index (Phi) is 12.3. The Hall–Kier alpha value is -3.03. The molecule has 202 valence electrons. The third kappa shape index (κ3) is 8.88. The van der Waals surface area contributed by atoms with E-state index < -0.39 is 42.0 Å². The van der Waals surface area contributed by atoms with E-state index in [1.54, 1.807) is 0 Å². The maximum absolute atomic E-state index is 13.5. The number of aliphatic carboxylic acids is 1.